The summed E-state index contributed by atoms with van der Waals surface area (Å²) < 4.78 is 0. The lowest BCUT2D eigenvalue weighted by Gasteiger charge is -2.33. The highest BCUT2D eigenvalue weighted by Gasteiger charge is 2.33. The maximum atomic E-state index is 12.8. The van der Waals surface area contributed by atoms with E-state index in [1.807, 2.05) is 59.5 Å². The van der Waals surface area contributed by atoms with Gasteiger partial charge in [-0.25, -0.2) is 0 Å². The monoisotopic (exact) mass is 424 g/mol. The van der Waals surface area contributed by atoms with E-state index in [9.17, 15) is 9.59 Å². The molecule has 0 spiro atoms. The van der Waals surface area contributed by atoms with Crippen LogP contribution in [0.2, 0.25) is 0 Å². The van der Waals surface area contributed by atoms with Crippen molar-refractivity contribution in [2.45, 2.75) is 58.5 Å². The fourth-order valence-electron chi connectivity index (χ4n) is 4.23. The highest BCUT2D eigenvalue weighted by Crippen LogP contribution is 2.39. The van der Waals surface area contributed by atoms with Crippen LogP contribution in [0.1, 0.15) is 67.9 Å². The Morgan fingerprint density at radius 3 is 2.27 bits per heavy atom. The third-order valence-electron chi connectivity index (χ3n) is 5.05. The van der Waals surface area contributed by atoms with E-state index in [1.165, 1.54) is 0 Å². The molecule has 1 heterocycles. The number of hydrogen-bond donors (Lipinski definition) is 1. The Morgan fingerprint density at radius 2 is 1.67 bits per heavy atom. The predicted molar refractivity (Wildman–Crippen MR) is 124 cm³/mol. The smallest absolute Gasteiger partial charge is 0.251 e. The summed E-state index contributed by atoms with van der Waals surface area (Å²) in [6.45, 7) is 11.3. The lowest BCUT2D eigenvalue weighted by Crippen LogP contribution is -2.45. The average molecular weight is 425 g/mol. The molecule has 0 saturated carbocycles. The molecule has 1 N–H and O–H groups in total. The van der Waals surface area contributed by atoms with Gasteiger partial charge in [0.15, 0.2) is 0 Å². The van der Waals surface area contributed by atoms with E-state index in [0.29, 0.717) is 17.9 Å². The van der Waals surface area contributed by atoms with E-state index in [4.69, 9.17) is 0 Å². The predicted octanol–water partition coefficient (Wildman–Crippen LogP) is 5.41. The van der Waals surface area contributed by atoms with Gasteiger partial charge in [0.05, 0.1) is 5.75 Å². The van der Waals surface area contributed by atoms with Gasteiger partial charge >= 0.3 is 0 Å². The number of hydrogen-bond acceptors (Lipinski definition) is 3. The summed E-state index contributed by atoms with van der Waals surface area (Å²) in [6, 6.07) is 17.7. The number of amides is 2. The van der Waals surface area contributed by atoms with E-state index in [-0.39, 0.29) is 28.1 Å². The minimum absolute atomic E-state index is 0.0212. The van der Waals surface area contributed by atoms with Crippen LogP contribution >= 0.6 is 11.8 Å². The highest BCUT2D eigenvalue weighted by atomic mass is 32.2. The lowest BCUT2D eigenvalue weighted by molar-refractivity contribution is -0.128. The summed E-state index contributed by atoms with van der Waals surface area (Å²) >= 11 is 1.64. The van der Waals surface area contributed by atoms with Crippen LogP contribution in [0.5, 0.6) is 0 Å². The summed E-state index contributed by atoms with van der Waals surface area (Å²) in [5.41, 5.74) is 2.66. The van der Waals surface area contributed by atoms with Gasteiger partial charge in [-0.15, -0.1) is 11.8 Å². The van der Waals surface area contributed by atoms with Gasteiger partial charge in [-0.1, -0.05) is 63.2 Å². The molecule has 1 aliphatic rings. The van der Waals surface area contributed by atoms with E-state index in [1.54, 1.807) is 11.8 Å². The maximum absolute atomic E-state index is 12.8. The van der Waals surface area contributed by atoms with Crippen molar-refractivity contribution >= 4 is 23.6 Å². The van der Waals surface area contributed by atoms with Crippen molar-refractivity contribution in [1.82, 2.24) is 10.2 Å². The van der Waals surface area contributed by atoms with Crippen LogP contribution in [0.4, 0.5) is 0 Å². The first-order chi connectivity index (χ1) is 14.0. The topological polar surface area (TPSA) is 49.4 Å². The molecule has 5 heteroatoms. The molecule has 1 saturated heterocycles. The summed E-state index contributed by atoms with van der Waals surface area (Å²) in [6.07, 6.45) is 0.888. The van der Waals surface area contributed by atoms with Gasteiger partial charge in [0.2, 0.25) is 5.91 Å². The number of carbonyl (C=O) groups is 2. The van der Waals surface area contributed by atoms with Crippen LogP contribution in [-0.4, -0.2) is 28.0 Å². The molecule has 2 aromatic rings. The molecule has 0 radical (unpaired) electrons. The minimum Gasteiger partial charge on any atom is -0.347 e. The van der Waals surface area contributed by atoms with Gasteiger partial charge in [-0.2, -0.15) is 0 Å². The van der Waals surface area contributed by atoms with Crippen LogP contribution in [0, 0.1) is 5.41 Å². The zero-order valence-electron chi connectivity index (χ0n) is 18.6. The number of thioether (sulfide) groups is 1. The SMILES string of the molecule is CC(C)(C)CC(C)(C)NC(=O)c1ccc(C2SCC(=O)N2Cc2ccccc2)cc1. The second-order valence-corrected chi connectivity index (χ2v) is 10.9. The van der Waals surface area contributed by atoms with Gasteiger partial charge < -0.3 is 10.2 Å². The molecular weight excluding hydrogens is 392 g/mol. The number of rotatable bonds is 6. The van der Waals surface area contributed by atoms with E-state index in [0.717, 1.165) is 17.5 Å². The molecule has 1 aliphatic heterocycles. The summed E-state index contributed by atoms with van der Waals surface area (Å²) in [5.74, 6) is 0.576. The van der Waals surface area contributed by atoms with Crippen LogP contribution in [0.3, 0.4) is 0 Å². The Morgan fingerprint density at radius 1 is 1.03 bits per heavy atom. The van der Waals surface area contributed by atoms with Gasteiger partial charge in [-0.05, 0) is 48.9 Å². The van der Waals surface area contributed by atoms with Crippen molar-refractivity contribution < 1.29 is 9.59 Å². The van der Waals surface area contributed by atoms with Crippen molar-refractivity contribution in [3.63, 3.8) is 0 Å². The molecule has 1 unspecified atom stereocenters. The van der Waals surface area contributed by atoms with Crippen LogP contribution in [0.25, 0.3) is 0 Å². The van der Waals surface area contributed by atoms with Gasteiger partial charge in [0.1, 0.15) is 5.37 Å². The molecule has 2 amide bonds. The molecular formula is C25H32N2O2S. The Hall–Kier alpha value is -2.27. The summed E-state index contributed by atoms with van der Waals surface area (Å²) in [5, 5.41) is 3.14. The molecule has 1 atom stereocenters. The molecule has 4 nitrogen and oxygen atoms in total. The Kier molecular flexibility index (Phi) is 6.61. The maximum Gasteiger partial charge on any atom is 0.251 e. The molecule has 0 bridgehead atoms. The zero-order valence-corrected chi connectivity index (χ0v) is 19.4. The minimum atomic E-state index is -0.284. The third kappa shape index (κ3) is 5.88. The highest BCUT2D eigenvalue weighted by molar-refractivity contribution is 8.00. The van der Waals surface area contributed by atoms with E-state index in [2.05, 4.69) is 39.9 Å². The molecule has 160 valence electrons. The van der Waals surface area contributed by atoms with Crippen LogP contribution < -0.4 is 5.32 Å². The second-order valence-electron chi connectivity index (χ2n) is 9.87. The fraction of sp³-hybridized carbons (Fsp3) is 0.440. The van der Waals surface area contributed by atoms with Crippen LogP contribution in [-0.2, 0) is 11.3 Å². The summed E-state index contributed by atoms with van der Waals surface area (Å²) in [4.78, 5) is 27.1. The average Bonchev–Trinajstić information content (AvgIpc) is 3.01. The fourth-order valence-corrected chi connectivity index (χ4v) is 5.42. The number of nitrogens with one attached hydrogen (secondary N) is 1. The molecule has 0 aliphatic carbocycles. The second kappa shape index (κ2) is 8.84. The Balaban J connectivity index is 1.70. The largest absolute Gasteiger partial charge is 0.347 e. The van der Waals surface area contributed by atoms with E-state index < -0.39 is 0 Å². The summed E-state index contributed by atoms with van der Waals surface area (Å²) in [7, 11) is 0. The molecule has 1 fully saturated rings. The number of carbonyl (C=O) groups excluding carboxylic acids is 2. The number of nitrogens with zero attached hydrogens (tertiary/aromatic N) is 1. The van der Waals surface area contributed by atoms with Crippen molar-refractivity contribution in [3.8, 4) is 0 Å². The first kappa shape index (κ1) is 22.4. The quantitative estimate of drug-likeness (QED) is 0.675. The number of benzene rings is 2. The first-order valence-corrected chi connectivity index (χ1v) is 11.5. The van der Waals surface area contributed by atoms with Crippen molar-refractivity contribution in [3.05, 3.63) is 71.3 Å². The van der Waals surface area contributed by atoms with Gasteiger partial charge in [-0.3, -0.25) is 9.59 Å². The van der Waals surface area contributed by atoms with Crippen molar-refractivity contribution in [2.24, 2.45) is 5.41 Å². The van der Waals surface area contributed by atoms with Crippen molar-refractivity contribution in [1.29, 1.82) is 0 Å². The van der Waals surface area contributed by atoms with Gasteiger partial charge in [0, 0.05) is 17.6 Å². The van der Waals surface area contributed by atoms with Crippen LogP contribution in [0.15, 0.2) is 54.6 Å². The normalized spacial score (nSPS) is 17.3. The lowest BCUT2D eigenvalue weighted by atomic mass is 9.81. The molecule has 0 aromatic heterocycles. The Bertz CT molecular complexity index is 886. The van der Waals surface area contributed by atoms with E-state index >= 15 is 0 Å². The molecule has 3 rings (SSSR count). The zero-order chi connectivity index (χ0) is 21.9. The third-order valence-corrected chi connectivity index (χ3v) is 6.30. The first-order valence-electron chi connectivity index (χ1n) is 10.4. The van der Waals surface area contributed by atoms with Gasteiger partial charge in [0.25, 0.3) is 5.91 Å². The molecule has 2 aromatic carbocycles. The van der Waals surface area contributed by atoms with Crippen molar-refractivity contribution in [2.75, 3.05) is 5.75 Å². The molecule has 30 heavy (non-hydrogen) atoms. The Labute approximate surface area is 184 Å². The standard InChI is InChI=1S/C25H32N2O2S/c1-24(2,3)17-25(4,5)26-22(29)19-11-13-20(14-12-19)23-27(21(28)16-30-23)15-18-9-7-6-8-10-18/h6-14,23H,15-17H2,1-5H3,(H,26,29).